The molecule has 1 atom stereocenters. The summed E-state index contributed by atoms with van der Waals surface area (Å²) < 4.78 is 5.11. The fraction of sp³-hybridized carbons (Fsp3) is 0.636. The van der Waals surface area contributed by atoms with E-state index in [-0.39, 0.29) is 0 Å². The Bertz CT molecular complexity index is 215. The minimum Gasteiger partial charge on any atom is -0.385 e. The second-order valence-electron chi connectivity index (χ2n) is 3.30. The Balaban J connectivity index is 2.44. The second-order valence-corrected chi connectivity index (χ2v) is 4.28. The number of hydrogen-bond acceptors (Lipinski definition) is 3. The van der Waals surface area contributed by atoms with Gasteiger partial charge >= 0.3 is 0 Å². The first-order valence-corrected chi connectivity index (χ1v) is 6.02. The highest BCUT2D eigenvalue weighted by atomic mass is 32.1. The molecule has 3 heteroatoms. The molecule has 1 N–H and O–H groups in total. The second kappa shape index (κ2) is 6.98. The van der Waals surface area contributed by atoms with E-state index >= 15 is 0 Å². The molecule has 1 unspecified atom stereocenters. The summed E-state index contributed by atoms with van der Waals surface area (Å²) in [5.74, 6) is 0. The zero-order valence-electron chi connectivity index (χ0n) is 8.95. The molecule has 0 radical (unpaired) electrons. The number of methoxy groups -OCH3 is 1. The molecular formula is C11H19NOS. The van der Waals surface area contributed by atoms with Crippen molar-refractivity contribution in [3.63, 3.8) is 0 Å². The van der Waals surface area contributed by atoms with Gasteiger partial charge in [-0.2, -0.15) is 0 Å². The predicted molar refractivity (Wildman–Crippen MR) is 61.8 cm³/mol. The van der Waals surface area contributed by atoms with Gasteiger partial charge < -0.3 is 10.1 Å². The van der Waals surface area contributed by atoms with E-state index in [2.05, 4.69) is 29.8 Å². The zero-order chi connectivity index (χ0) is 10.2. The third kappa shape index (κ3) is 3.78. The highest BCUT2D eigenvalue weighted by molar-refractivity contribution is 7.10. The molecule has 0 saturated heterocycles. The van der Waals surface area contributed by atoms with Crippen LogP contribution in [-0.4, -0.2) is 20.3 Å². The van der Waals surface area contributed by atoms with Crippen molar-refractivity contribution in [3.8, 4) is 0 Å². The number of rotatable bonds is 7. The third-order valence-corrected chi connectivity index (χ3v) is 3.12. The van der Waals surface area contributed by atoms with E-state index < -0.39 is 0 Å². The molecule has 0 aliphatic carbocycles. The van der Waals surface area contributed by atoms with Gasteiger partial charge in [0.15, 0.2) is 0 Å². The summed E-state index contributed by atoms with van der Waals surface area (Å²) in [5.41, 5.74) is 0. The van der Waals surface area contributed by atoms with Gasteiger partial charge in [0.2, 0.25) is 0 Å². The normalized spacial score (nSPS) is 13.0. The lowest BCUT2D eigenvalue weighted by Gasteiger charge is -2.16. The molecule has 1 aromatic rings. The van der Waals surface area contributed by atoms with Crippen LogP contribution in [0.3, 0.4) is 0 Å². The highest BCUT2D eigenvalue weighted by Gasteiger charge is 2.10. The molecule has 2 nitrogen and oxygen atoms in total. The van der Waals surface area contributed by atoms with Crippen molar-refractivity contribution >= 4 is 11.3 Å². The van der Waals surface area contributed by atoms with Crippen LogP contribution in [-0.2, 0) is 4.74 Å². The summed E-state index contributed by atoms with van der Waals surface area (Å²) >= 11 is 1.81. The van der Waals surface area contributed by atoms with Crippen molar-refractivity contribution < 1.29 is 4.74 Å². The van der Waals surface area contributed by atoms with Crippen LogP contribution in [0.5, 0.6) is 0 Å². The Morgan fingerprint density at radius 3 is 3.00 bits per heavy atom. The Kier molecular flexibility index (Phi) is 5.83. The first-order valence-electron chi connectivity index (χ1n) is 5.14. The molecule has 1 heterocycles. The quantitative estimate of drug-likeness (QED) is 0.752. The summed E-state index contributed by atoms with van der Waals surface area (Å²) in [5, 5.41) is 5.66. The molecule has 1 rings (SSSR count). The summed E-state index contributed by atoms with van der Waals surface area (Å²) in [6.45, 7) is 4.08. The van der Waals surface area contributed by atoms with Crippen molar-refractivity contribution in [1.82, 2.24) is 5.32 Å². The molecule has 0 saturated carbocycles. The van der Waals surface area contributed by atoms with E-state index in [1.807, 2.05) is 11.3 Å². The SMILES string of the molecule is CCCNC(CCOC)c1cccs1. The lowest BCUT2D eigenvalue weighted by atomic mass is 10.2. The zero-order valence-corrected chi connectivity index (χ0v) is 9.77. The van der Waals surface area contributed by atoms with Gasteiger partial charge in [0.25, 0.3) is 0 Å². The smallest absolute Gasteiger partial charge is 0.0480 e. The van der Waals surface area contributed by atoms with E-state index in [1.165, 1.54) is 11.3 Å². The highest BCUT2D eigenvalue weighted by Crippen LogP contribution is 2.21. The number of ether oxygens (including phenoxy) is 1. The molecule has 1 aromatic heterocycles. The van der Waals surface area contributed by atoms with E-state index in [1.54, 1.807) is 7.11 Å². The lowest BCUT2D eigenvalue weighted by molar-refractivity contribution is 0.183. The van der Waals surface area contributed by atoms with Crippen LogP contribution < -0.4 is 5.32 Å². The van der Waals surface area contributed by atoms with E-state index in [0.717, 1.165) is 19.6 Å². The first-order chi connectivity index (χ1) is 6.88. The third-order valence-electron chi connectivity index (χ3n) is 2.14. The maximum atomic E-state index is 5.11. The largest absolute Gasteiger partial charge is 0.385 e. The fourth-order valence-corrected chi connectivity index (χ4v) is 2.23. The maximum Gasteiger partial charge on any atom is 0.0480 e. The predicted octanol–water partition coefficient (Wildman–Crippen LogP) is 2.83. The van der Waals surface area contributed by atoms with Crippen LogP contribution in [0.1, 0.15) is 30.7 Å². The molecule has 0 bridgehead atoms. The summed E-state index contributed by atoms with van der Waals surface area (Å²) in [4.78, 5) is 1.41. The minimum absolute atomic E-state index is 0.467. The fourth-order valence-electron chi connectivity index (χ4n) is 1.39. The molecule has 0 spiro atoms. The van der Waals surface area contributed by atoms with Crippen molar-refractivity contribution in [2.24, 2.45) is 0 Å². The molecular weight excluding hydrogens is 194 g/mol. The monoisotopic (exact) mass is 213 g/mol. The maximum absolute atomic E-state index is 5.11. The topological polar surface area (TPSA) is 21.3 Å². The van der Waals surface area contributed by atoms with E-state index in [0.29, 0.717) is 6.04 Å². The van der Waals surface area contributed by atoms with Gasteiger partial charge in [-0.25, -0.2) is 0 Å². The van der Waals surface area contributed by atoms with Crippen molar-refractivity contribution in [2.45, 2.75) is 25.8 Å². The van der Waals surface area contributed by atoms with Crippen LogP contribution in [0.15, 0.2) is 17.5 Å². The van der Waals surface area contributed by atoms with Crippen molar-refractivity contribution in [3.05, 3.63) is 22.4 Å². The van der Waals surface area contributed by atoms with Gasteiger partial charge in [-0.05, 0) is 30.8 Å². The van der Waals surface area contributed by atoms with Gasteiger partial charge in [0, 0.05) is 24.6 Å². The summed E-state index contributed by atoms with van der Waals surface area (Å²) in [7, 11) is 1.76. The number of thiophene rings is 1. The molecule has 80 valence electrons. The molecule has 0 amide bonds. The van der Waals surface area contributed by atoms with Crippen LogP contribution in [0, 0.1) is 0 Å². The van der Waals surface area contributed by atoms with Crippen LogP contribution >= 0.6 is 11.3 Å². The van der Waals surface area contributed by atoms with Gasteiger partial charge in [0.1, 0.15) is 0 Å². The standard InChI is InChI=1S/C11H19NOS/c1-3-7-12-10(6-8-13-2)11-5-4-9-14-11/h4-5,9-10,12H,3,6-8H2,1-2H3. The number of hydrogen-bond donors (Lipinski definition) is 1. The number of nitrogens with one attached hydrogen (secondary N) is 1. The molecule has 14 heavy (non-hydrogen) atoms. The lowest BCUT2D eigenvalue weighted by Crippen LogP contribution is -2.22. The molecule has 0 aliphatic rings. The van der Waals surface area contributed by atoms with Crippen molar-refractivity contribution in [1.29, 1.82) is 0 Å². The summed E-state index contributed by atoms with van der Waals surface area (Å²) in [6.07, 6.45) is 2.23. The van der Waals surface area contributed by atoms with Crippen LogP contribution in [0.4, 0.5) is 0 Å². The van der Waals surface area contributed by atoms with E-state index in [4.69, 9.17) is 4.74 Å². The summed E-state index contributed by atoms with van der Waals surface area (Å²) in [6, 6.07) is 4.76. The molecule has 0 aromatic carbocycles. The van der Waals surface area contributed by atoms with Gasteiger partial charge in [-0.15, -0.1) is 11.3 Å². The van der Waals surface area contributed by atoms with Crippen LogP contribution in [0.2, 0.25) is 0 Å². The first kappa shape index (κ1) is 11.7. The Hall–Kier alpha value is -0.380. The Labute approximate surface area is 90.3 Å². The van der Waals surface area contributed by atoms with E-state index in [9.17, 15) is 0 Å². The van der Waals surface area contributed by atoms with Gasteiger partial charge in [-0.1, -0.05) is 13.0 Å². The van der Waals surface area contributed by atoms with Gasteiger partial charge in [-0.3, -0.25) is 0 Å². The minimum atomic E-state index is 0.467. The average molecular weight is 213 g/mol. The average Bonchev–Trinajstić information content (AvgIpc) is 2.71. The van der Waals surface area contributed by atoms with Crippen molar-refractivity contribution in [2.75, 3.05) is 20.3 Å². The van der Waals surface area contributed by atoms with Gasteiger partial charge in [0.05, 0.1) is 0 Å². The molecule has 0 aliphatic heterocycles. The molecule has 0 fully saturated rings. The Morgan fingerprint density at radius 1 is 1.57 bits per heavy atom. The van der Waals surface area contributed by atoms with Crippen LogP contribution in [0.25, 0.3) is 0 Å². The Morgan fingerprint density at radius 2 is 2.43 bits per heavy atom.